The van der Waals surface area contributed by atoms with E-state index < -0.39 is 5.41 Å². The molecule has 2 aliphatic heterocycles. The summed E-state index contributed by atoms with van der Waals surface area (Å²) < 4.78 is 5.35. The highest BCUT2D eigenvalue weighted by Crippen LogP contribution is 2.41. The molecule has 1 aliphatic carbocycles. The summed E-state index contributed by atoms with van der Waals surface area (Å²) in [7, 11) is 0. The van der Waals surface area contributed by atoms with E-state index in [4.69, 9.17) is 4.74 Å². The monoisotopic (exact) mass is 398 g/mol. The maximum absolute atomic E-state index is 13.6. The number of amides is 3. The molecule has 4 rings (SSSR count). The van der Waals surface area contributed by atoms with Crippen LogP contribution in [-0.2, 0) is 24.5 Å². The van der Waals surface area contributed by atoms with Gasteiger partial charge in [-0.3, -0.25) is 19.3 Å². The smallest absolute Gasteiger partial charge is 0.240 e. The highest BCUT2D eigenvalue weighted by Gasteiger charge is 2.54. The lowest BCUT2D eigenvalue weighted by Gasteiger charge is -2.33. The van der Waals surface area contributed by atoms with Crippen LogP contribution in [0.5, 0.6) is 0 Å². The summed E-state index contributed by atoms with van der Waals surface area (Å²) in [4.78, 5) is 42.9. The Labute approximate surface area is 172 Å². The summed E-state index contributed by atoms with van der Waals surface area (Å²) >= 11 is 0. The van der Waals surface area contributed by atoms with E-state index in [0.29, 0.717) is 38.8 Å². The highest BCUT2D eigenvalue weighted by atomic mass is 16.5. The molecule has 1 aromatic rings. The molecule has 3 fully saturated rings. The first kappa shape index (κ1) is 20.1. The minimum absolute atomic E-state index is 0.0444. The second-order valence-corrected chi connectivity index (χ2v) is 8.61. The molecule has 1 aromatic carbocycles. The molecule has 6 nitrogen and oxygen atoms in total. The Hall–Kier alpha value is -2.21. The zero-order valence-corrected chi connectivity index (χ0v) is 17.0. The lowest BCUT2D eigenvalue weighted by molar-refractivity contribution is -0.144. The van der Waals surface area contributed by atoms with E-state index in [0.717, 1.165) is 18.4 Å². The maximum Gasteiger partial charge on any atom is 0.240 e. The Balaban J connectivity index is 1.59. The summed E-state index contributed by atoms with van der Waals surface area (Å²) in [6.07, 6.45) is 5.84. The number of carbonyl (C=O) groups excluding carboxylic acids is 3. The third-order valence-electron chi connectivity index (χ3n) is 6.72. The molecule has 1 atom stereocenters. The van der Waals surface area contributed by atoms with Crippen LogP contribution in [0, 0.1) is 5.92 Å². The van der Waals surface area contributed by atoms with Crippen molar-refractivity contribution < 1.29 is 19.1 Å². The molecular formula is C23H30N2O4. The number of hydrogen-bond acceptors (Lipinski definition) is 4. The molecule has 2 heterocycles. The standard InChI is InChI=1S/C23H30N2O4/c26-20(24-11-13-29-14-12-24)15-23(19-9-5-2-6-10-19)16-21(27)25(22(23)28)17-18-7-3-1-4-8-18/h2,5-6,9-10,18H,1,3-4,7-8,11-17H2. The fraction of sp³-hybridized carbons (Fsp3) is 0.609. The number of ether oxygens (including phenoxy) is 1. The quantitative estimate of drug-likeness (QED) is 0.715. The molecule has 0 N–H and O–H groups in total. The first-order valence-corrected chi connectivity index (χ1v) is 10.9. The van der Waals surface area contributed by atoms with Crippen molar-refractivity contribution in [1.82, 2.24) is 9.80 Å². The zero-order valence-electron chi connectivity index (χ0n) is 17.0. The van der Waals surface area contributed by atoms with Gasteiger partial charge in [-0.25, -0.2) is 0 Å². The largest absolute Gasteiger partial charge is 0.378 e. The minimum atomic E-state index is -1.08. The van der Waals surface area contributed by atoms with Gasteiger partial charge in [0.1, 0.15) is 0 Å². The number of benzene rings is 1. The van der Waals surface area contributed by atoms with Gasteiger partial charge in [-0.2, -0.15) is 0 Å². The molecule has 1 saturated carbocycles. The van der Waals surface area contributed by atoms with Gasteiger partial charge < -0.3 is 9.64 Å². The lowest BCUT2D eigenvalue weighted by atomic mass is 9.75. The van der Waals surface area contributed by atoms with Crippen molar-refractivity contribution in [2.24, 2.45) is 5.92 Å². The molecule has 1 unspecified atom stereocenters. The van der Waals surface area contributed by atoms with Crippen LogP contribution < -0.4 is 0 Å². The molecule has 29 heavy (non-hydrogen) atoms. The number of nitrogens with zero attached hydrogens (tertiary/aromatic N) is 2. The predicted molar refractivity (Wildman–Crippen MR) is 108 cm³/mol. The van der Waals surface area contributed by atoms with E-state index in [1.807, 2.05) is 30.3 Å². The van der Waals surface area contributed by atoms with Gasteiger partial charge in [-0.05, 0) is 24.3 Å². The van der Waals surface area contributed by atoms with Crippen LogP contribution in [-0.4, -0.2) is 60.4 Å². The first-order valence-electron chi connectivity index (χ1n) is 10.9. The Kier molecular flexibility index (Phi) is 5.99. The van der Waals surface area contributed by atoms with Crippen LogP contribution in [0.15, 0.2) is 30.3 Å². The zero-order chi connectivity index (χ0) is 20.3. The van der Waals surface area contributed by atoms with Crippen LogP contribution in [0.4, 0.5) is 0 Å². The number of likely N-dealkylation sites (tertiary alicyclic amines) is 1. The van der Waals surface area contributed by atoms with E-state index in [-0.39, 0.29) is 30.6 Å². The summed E-state index contributed by atoms with van der Waals surface area (Å²) in [5.41, 5.74) is -0.311. The van der Waals surface area contributed by atoms with Gasteiger partial charge in [0.25, 0.3) is 0 Å². The lowest BCUT2D eigenvalue weighted by Crippen LogP contribution is -2.47. The van der Waals surface area contributed by atoms with Crippen LogP contribution in [0.25, 0.3) is 0 Å². The van der Waals surface area contributed by atoms with Crippen molar-refractivity contribution in [3.63, 3.8) is 0 Å². The van der Waals surface area contributed by atoms with Crippen molar-refractivity contribution in [1.29, 1.82) is 0 Å². The average Bonchev–Trinajstić information content (AvgIpc) is 3.00. The SMILES string of the molecule is O=C(CC1(c2ccccc2)CC(=O)N(CC2CCCCC2)C1=O)N1CCOCC1. The molecule has 0 radical (unpaired) electrons. The topological polar surface area (TPSA) is 66.9 Å². The van der Waals surface area contributed by atoms with Gasteiger partial charge in [0.15, 0.2) is 0 Å². The minimum Gasteiger partial charge on any atom is -0.378 e. The van der Waals surface area contributed by atoms with E-state index >= 15 is 0 Å². The predicted octanol–water partition coefficient (Wildman–Crippen LogP) is 2.51. The van der Waals surface area contributed by atoms with Crippen LogP contribution in [0.3, 0.4) is 0 Å². The van der Waals surface area contributed by atoms with Gasteiger partial charge in [0.05, 0.1) is 18.6 Å². The van der Waals surface area contributed by atoms with Crippen molar-refractivity contribution in [2.45, 2.75) is 50.4 Å². The van der Waals surface area contributed by atoms with Gasteiger partial charge in [0, 0.05) is 32.5 Å². The summed E-state index contributed by atoms with van der Waals surface area (Å²) in [5.74, 6) is -0.0175. The number of carbonyl (C=O) groups is 3. The summed E-state index contributed by atoms with van der Waals surface area (Å²) in [5, 5.41) is 0. The van der Waals surface area contributed by atoms with Crippen LogP contribution >= 0.6 is 0 Å². The molecule has 2 saturated heterocycles. The van der Waals surface area contributed by atoms with Crippen LogP contribution in [0.2, 0.25) is 0 Å². The number of imide groups is 1. The number of hydrogen-bond donors (Lipinski definition) is 0. The number of morpholine rings is 1. The second-order valence-electron chi connectivity index (χ2n) is 8.61. The summed E-state index contributed by atoms with van der Waals surface area (Å²) in [6, 6.07) is 9.39. The second kappa shape index (κ2) is 8.66. The fourth-order valence-electron chi connectivity index (χ4n) is 5.02. The Bertz CT molecular complexity index is 753. The Morgan fingerprint density at radius 3 is 2.41 bits per heavy atom. The van der Waals surface area contributed by atoms with E-state index in [2.05, 4.69) is 0 Å². The molecule has 0 aromatic heterocycles. The molecule has 0 bridgehead atoms. The highest BCUT2D eigenvalue weighted by molar-refractivity contribution is 6.10. The van der Waals surface area contributed by atoms with Gasteiger partial charge >= 0.3 is 0 Å². The third-order valence-corrected chi connectivity index (χ3v) is 6.72. The molecular weight excluding hydrogens is 368 g/mol. The molecule has 156 valence electrons. The fourth-order valence-corrected chi connectivity index (χ4v) is 5.02. The third kappa shape index (κ3) is 4.08. The van der Waals surface area contributed by atoms with E-state index in [1.165, 1.54) is 24.2 Å². The Morgan fingerprint density at radius 1 is 1.03 bits per heavy atom. The van der Waals surface area contributed by atoms with Gasteiger partial charge in [-0.15, -0.1) is 0 Å². The van der Waals surface area contributed by atoms with E-state index in [1.54, 1.807) is 4.90 Å². The molecule has 0 spiro atoms. The van der Waals surface area contributed by atoms with Crippen molar-refractivity contribution in [2.75, 3.05) is 32.8 Å². The van der Waals surface area contributed by atoms with Crippen molar-refractivity contribution >= 4 is 17.7 Å². The van der Waals surface area contributed by atoms with Gasteiger partial charge in [-0.1, -0.05) is 49.6 Å². The molecule has 3 aliphatic rings. The average molecular weight is 399 g/mol. The molecule has 3 amide bonds. The van der Waals surface area contributed by atoms with Gasteiger partial charge in [0.2, 0.25) is 17.7 Å². The van der Waals surface area contributed by atoms with Crippen molar-refractivity contribution in [3.05, 3.63) is 35.9 Å². The summed E-state index contributed by atoms with van der Waals surface area (Å²) in [6.45, 7) is 2.61. The van der Waals surface area contributed by atoms with Crippen LogP contribution in [0.1, 0.15) is 50.5 Å². The maximum atomic E-state index is 13.6. The van der Waals surface area contributed by atoms with E-state index in [9.17, 15) is 14.4 Å². The molecule has 6 heteroatoms. The van der Waals surface area contributed by atoms with Crippen molar-refractivity contribution in [3.8, 4) is 0 Å². The first-order chi connectivity index (χ1) is 14.1. The Morgan fingerprint density at radius 2 is 1.72 bits per heavy atom. The normalized spacial score (nSPS) is 26.2. The number of rotatable bonds is 5.